The summed E-state index contributed by atoms with van der Waals surface area (Å²) in [5, 5.41) is 9.33. The van der Waals surface area contributed by atoms with Gasteiger partial charge in [0, 0.05) is 19.4 Å². The van der Waals surface area contributed by atoms with Crippen molar-refractivity contribution in [2.45, 2.75) is 291 Å². The van der Waals surface area contributed by atoms with Gasteiger partial charge in [0.25, 0.3) is 0 Å². The maximum Gasteiger partial charge on any atom is 0.305 e. The maximum atomic E-state index is 12.6. The molecular formula is C57H111NO5. The summed E-state index contributed by atoms with van der Waals surface area (Å²) in [6, 6.07) is 0. The number of hydrogen-bond acceptors (Lipinski definition) is 6. The Morgan fingerprint density at radius 2 is 0.714 bits per heavy atom. The highest BCUT2D eigenvalue weighted by molar-refractivity contribution is 5.69. The standard InChI is InChI=1S/C57H111NO5/c1-5-9-13-17-26-34-44-54(42-32-16-12-8-4)52-62-56(60)46-36-28-21-19-23-30-38-48-58(50-40-41-51-59)49-39-31-24-20-22-29-37-47-57(61)63-53-55(43-33-25-15-11-7-3)45-35-27-18-14-10-6-2/h19,23,54-55,59H,5-18,20-22,24-53H2,1-4H3/b23-19+. The SMILES string of the molecule is CCCCCCCCC(CCCCCC)COC(=O)CCCC/C=C/CCCN(CCCCO)CCCCCCCCCC(=O)OCC(CCCCCCC)CCCCCCCC. The first-order valence-corrected chi connectivity index (χ1v) is 28.3. The predicted octanol–water partition coefficient (Wildman–Crippen LogP) is 17.2. The fourth-order valence-electron chi connectivity index (χ4n) is 8.98. The summed E-state index contributed by atoms with van der Waals surface area (Å²) in [6.45, 7) is 14.0. The Balaban J connectivity index is 4.17. The third-order valence-electron chi connectivity index (χ3n) is 13.3. The molecule has 0 aromatic rings. The molecule has 1 N–H and O–H groups in total. The number of carbonyl (C=O) groups excluding carboxylic acids is 2. The number of aliphatic hydroxyl groups is 1. The van der Waals surface area contributed by atoms with Gasteiger partial charge in [-0.1, -0.05) is 207 Å². The normalized spacial score (nSPS) is 12.7. The molecule has 2 unspecified atom stereocenters. The summed E-state index contributed by atoms with van der Waals surface area (Å²) < 4.78 is 11.6. The molecule has 0 heterocycles. The number of carbonyl (C=O) groups is 2. The van der Waals surface area contributed by atoms with Gasteiger partial charge in [-0.05, 0) is 115 Å². The minimum Gasteiger partial charge on any atom is -0.465 e. The van der Waals surface area contributed by atoms with Crippen LogP contribution in [0, 0.1) is 11.8 Å². The van der Waals surface area contributed by atoms with Gasteiger partial charge in [-0.25, -0.2) is 0 Å². The molecule has 2 atom stereocenters. The molecule has 6 nitrogen and oxygen atoms in total. The van der Waals surface area contributed by atoms with Gasteiger partial charge in [0.2, 0.25) is 0 Å². The van der Waals surface area contributed by atoms with E-state index in [2.05, 4.69) is 44.7 Å². The van der Waals surface area contributed by atoms with Gasteiger partial charge in [0.15, 0.2) is 0 Å². The molecule has 6 heteroatoms. The largest absolute Gasteiger partial charge is 0.465 e. The minimum atomic E-state index is -0.00333. The van der Waals surface area contributed by atoms with Crippen LogP contribution in [-0.4, -0.2) is 61.4 Å². The second-order valence-electron chi connectivity index (χ2n) is 19.6. The number of rotatable bonds is 52. The van der Waals surface area contributed by atoms with Crippen LogP contribution in [0.5, 0.6) is 0 Å². The van der Waals surface area contributed by atoms with Crippen molar-refractivity contribution in [1.29, 1.82) is 0 Å². The van der Waals surface area contributed by atoms with E-state index >= 15 is 0 Å². The fraction of sp³-hybridized carbons (Fsp3) is 0.930. The molecule has 0 saturated heterocycles. The first kappa shape index (κ1) is 61.6. The Labute approximate surface area is 394 Å². The number of unbranched alkanes of at least 4 members (excludes halogenated alkanes) is 27. The zero-order valence-electron chi connectivity index (χ0n) is 43.1. The lowest BCUT2D eigenvalue weighted by atomic mass is 9.95. The number of nitrogens with zero attached hydrogens (tertiary/aromatic N) is 1. The lowest BCUT2D eigenvalue weighted by Gasteiger charge is -2.22. The average molecular weight is 891 g/mol. The van der Waals surface area contributed by atoms with Crippen LogP contribution in [0.15, 0.2) is 12.2 Å². The van der Waals surface area contributed by atoms with Crippen molar-refractivity contribution in [2.75, 3.05) is 39.5 Å². The molecule has 0 saturated carbocycles. The summed E-state index contributed by atoms with van der Waals surface area (Å²) in [5.74, 6) is 1.10. The molecule has 0 bridgehead atoms. The highest BCUT2D eigenvalue weighted by Crippen LogP contribution is 2.22. The lowest BCUT2D eigenvalue weighted by Crippen LogP contribution is -2.27. The van der Waals surface area contributed by atoms with E-state index in [0.29, 0.717) is 37.9 Å². The highest BCUT2D eigenvalue weighted by Gasteiger charge is 2.14. The first-order chi connectivity index (χ1) is 31.0. The van der Waals surface area contributed by atoms with E-state index in [9.17, 15) is 14.7 Å². The van der Waals surface area contributed by atoms with Crippen molar-refractivity contribution in [3.63, 3.8) is 0 Å². The molecule has 0 aliphatic rings. The predicted molar refractivity (Wildman–Crippen MR) is 274 cm³/mol. The quantitative estimate of drug-likeness (QED) is 0.0372. The van der Waals surface area contributed by atoms with Gasteiger partial charge in [0.05, 0.1) is 13.2 Å². The van der Waals surface area contributed by atoms with Crippen molar-refractivity contribution < 1.29 is 24.2 Å². The zero-order chi connectivity index (χ0) is 45.9. The van der Waals surface area contributed by atoms with Crippen molar-refractivity contribution in [3.8, 4) is 0 Å². The van der Waals surface area contributed by atoms with Gasteiger partial charge in [-0.2, -0.15) is 0 Å². The van der Waals surface area contributed by atoms with Gasteiger partial charge in [-0.15, -0.1) is 0 Å². The van der Waals surface area contributed by atoms with Crippen LogP contribution < -0.4 is 0 Å². The Kier molecular flexibility index (Phi) is 50.4. The van der Waals surface area contributed by atoms with Crippen molar-refractivity contribution in [1.82, 2.24) is 4.90 Å². The van der Waals surface area contributed by atoms with E-state index < -0.39 is 0 Å². The third-order valence-corrected chi connectivity index (χ3v) is 13.3. The number of ether oxygens (including phenoxy) is 2. The van der Waals surface area contributed by atoms with Crippen molar-refractivity contribution in [2.24, 2.45) is 11.8 Å². The van der Waals surface area contributed by atoms with Gasteiger partial charge < -0.3 is 19.5 Å². The van der Waals surface area contributed by atoms with E-state index in [0.717, 1.165) is 71.0 Å². The molecule has 0 aromatic carbocycles. The summed E-state index contributed by atoms with van der Waals surface area (Å²) in [7, 11) is 0. The van der Waals surface area contributed by atoms with Crippen LogP contribution in [0.25, 0.3) is 0 Å². The topological polar surface area (TPSA) is 76.1 Å². The summed E-state index contributed by atoms with van der Waals surface area (Å²) in [5.41, 5.74) is 0. The van der Waals surface area contributed by atoms with Crippen LogP contribution in [0.1, 0.15) is 291 Å². The molecule has 0 rings (SSSR count). The molecule has 0 aromatic heterocycles. The number of aliphatic hydroxyl groups excluding tert-OH is 1. The molecule has 0 fully saturated rings. The van der Waals surface area contributed by atoms with Gasteiger partial charge in [-0.3, -0.25) is 9.59 Å². The van der Waals surface area contributed by atoms with Gasteiger partial charge in [0.1, 0.15) is 0 Å². The third kappa shape index (κ3) is 46.9. The molecule has 0 amide bonds. The van der Waals surface area contributed by atoms with E-state index in [1.54, 1.807) is 0 Å². The van der Waals surface area contributed by atoms with Crippen LogP contribution in [0.2, 0.25) is 0 Å². The minimum absolute atomic E-state index is 0.00333. The summed E-state index contributed by atoms with van der Waals surface area (Å²) in [4.78, 5) is 27.7. The molecule has 374 valence electrons. The Morgan fingerprint density at radius 3 is 1.14 bits per heavy atom. The molecule has 0 aliphatic carbocycles. The monoisotopic (exact) mass is 890 g/mol. The number of allylic oxidation sites excluding steroid dienone is 2. The average Bonchev–Trinajstić information content (AvgIpc) is 3.28. The fourth-order valence-corrected chi connectivity index (χ4v) is 8.98. The van der Waals surface area contributed by atoms with Crippen molar-refractivity contribution >= 4 is 11.9 Å². The second-order valence-corrected chi connectivity index (χ2v) is 19.6. The van der Waals surface area contributed by atoms with Crippen LogP contribution >= 0.6 is 0 Å². The summed E-state index contributed by atoms with van der Waals surface area (Å²) in [6.07, 6.45) is 53.8. The summed E-state index contributed by atoms with van der Waals surface area (Å²) >= 11 is 0. The van der Waals surface area contributed by atoms with Crippen LogP contribution in [0.3, 0.4) is 0 Å². The molecular weight excluding hydrogens is 779 g/mol. The van der Waals surface area contributed by atoms with Crippen LogP contribution in [0.4, 0.5) is 0 Å². The smallest absolute Gasteiger partial charge is 0.305 e. The number of hydrogen-bond donors (Lipinski definition) is 1. The molecule has 63 heavy (non-hydrogen) atoms. The number of esters is 2. The van der Waals surface area contributed by atoms with Crippen molar-refractivity contribution in [3.05, 3.63) is 12.2 Å². The first-order valence-electron chi connectivity index (χ1n) is 28.3. The molecule has 0 radical (unpaired) electrons. The van der Waals surface area contributed by atoms with E-state index in [4.69, 9.17) is 9.47 Å². The van der Waals surface area contributed by atoms with E-state index in [1.165, 1.54) is 199 Å². The maximum absolute atomic E-state index is 12.6. The van der Waals surface area contributed by atoms with E-state index in [1.807, 2.05) is 0 Å². The Morgan fingerprint density at radius 1 is 0.397 bits per heavy atom. The second kappa shape index (κ2) is 51.6. The highest BCUT2D eigenvalue weighted by atomic mass is 16.5. The zero-order valence-corrected chi connectivity index (χ0v) is 43.1. The van der Waals surface area contributed by atoms with E-state index in [-0.39, 0.29) is 18.5 Å². The lowest BCUT2D eigenvalue weighted by molar-refractivity contribution is -0.146. The Bertz CT molecular complexity index is 955. The van der Waals surface area contributed by atoms with Gasteiger partial charge >= 0.3 is 11.9 Å². The molecule has 0 spiro atoms. The van der Waals surface area contributed by atoms with Crippen LogP contribution in [-0.2, 0) is 19.1 Å². The Hall–Kier alpha value is -1.40. The molecule has 0 aliphatic heterocycles.